The molecule has 2 aromatic carbocycles. The van der Waals surface area contributed by atoms with Gasteiger partial charge in [0, 0.05) is 94.3 Å². The molecule has 4 fully saturated rings. The fourth-order valence-corrected chi connectivity index (χ4v) is 10.6. The van der Waals surface area contributed by atoms with E-state index in [1.54, 1.807) is 13.2 Å². The van der Waals surface area contributed by atoms with Gasteiger partial charge in [0.1, 0.15) is 11.6 Å². The van der Waals surface area contributed by atoms with Crippen LogP contribution in [0.1, 0.15) is 140 Å². The van der Waals surface area contributed by atoms with Gasteiger partial charge in [-0.05, 0) is 69.6 Å². The van der Waals surface area contributed by atoms with E-state index < -0.39 is 11.2 Å². The molecule has 334 valence electrons. The van der Waals surface area contributed by atoms with E-state index in [-0.39, 0.29) is 11.7 Å². The van der Waals surface area contributed by atoms with Gasteiger partial charge >= 0.3 is 0 Å². The van der Waals surface area contributed by atoms with Crippen LogP contribution in [0.2, 0.25) is 5.02 Å². The molecular weight excluding hydrogens is 759 g/mol. The minimum atomic E-state index is -1.06. The van der Waals surface area contributed by atoms with E-state index in [0.29, 0.717) is 30.1 Å². The number of aliphatic hydroxyl groups is 2. The van der Waals surface area contributed by atoms with Crippen LogP contribution in [0.5, 0.6) is 5.75 Å². The molecule has 2 heterocycles. The van der Waals surface area contributed by atoms with Gasteiger partial charge in [-0.15, -0.1) is 0 Å². The molecule has 2 saturated heterocycles. The van der Waals surface area contributed by atoms with Gasteiger partial charge < -0.3 is 34.5 Å². The molecular formula is C50H82ClFN4O3. The lowest BCUT2D eigenvalue weighted by atomic mass is 9.74. The summed E-state index contributed by atoms with van der Waals surface area (Å²) in [6, 6.07) is 12.7. The lowest BCUT2D eigenvalue weighted by molar-refractivity contribution is -0.0557. The second-order valence-electron chi connectivity index (χ2n) is 19.0. The highest BCUT2D eigenvalue weighted by atomic mass is 35.5. The largest absolute Gasteiger partial charge is 0.496 e. The molecule has 9 heteroatoms. The molecule has 2 saturated carbocycles. The standard InChI is InChI=1S/C25H41ClN2O.C25H41FN2O2/c1-27-16-18-28(19-17-27)21-23-13-8-6-4-2-3-5-7-11-15-25(23,29)20-22-12-9-10-14-24(22)26;1-27-15-17-28(18-16-27)20-21-11-9-7-5-3-4-6-8-10-14-25(21,29)23-19-22(26)12-13-24(23)30-2/h9-10,12,14,23,29H,2-8,11,13,15-21H2,1H3;12-13,19,21,29H,3-11,14-18,20H2,1-2H3. The lowest BCUT2D eigenvalue weighted by Crippen LogP contribution is -2.51. The van der Waals surface area contributed by atoms with Crippen molar-refractivity contribution in [3.8, 4) is 5.75 Å². The van der Waals surface area contributed by atoms with Crippen LogP contribution in [-0.2, 0) is 12.0 Å². The fourth-order valence-electron chi connectivity index (χ4n) is 10.4. The van der Waals surface area contributed by atoms with Crippen molar-refractivity contribution in [3.63, 3.8) is 0 Å². The monoisotopic (exact) mass is 841 g/mol. The van der Waals surface area contributed by atoms with Crippen LogP contribution >= 0.6 is 11.6 Å². The minimum absolute atomic E-state index is 0.0797. The average Bonchev–Trinajstić information content (AvgIpc) is 3.22. The predicted octanol–water partition coefficient (Wildman–Crippen LogP) is 10.2. The van der Waals surface area contributed by atoms with Crippen LogP contribution < -0.4 is 4.74 Å². The summed E-state index contributed by atoms with van der Waals surface area (Å²) in [5.74, 6) is 0.704. The number of benzene rings is 2. The second kappa shape index (κ2) is 25.4. The minimum Gasteiger partial charge on any atom is -0.496 e. The van der Waals surface area contributed by atoms with Gasteiger partial charge in [0.25, 0.3) is 0 Å². The van der Waals surface area contributed by atoms with E-state index >= 15 is 0 Å². The highest BCUT2D eigenvalue weighted by molar-refractivity contribution is 6.31. The molecule has 0 amide bonds. The number of halogens is 2. The molecule has 4 unspecified atom stereocenters. The first-order valence-electron chi connectivity index (χ1n) is 23.9. The van der Waals surface area contributed by atoms with Crippen LogP contribution in [-0.4, -0.2) is 122 Å². The summed E-state index contributed by atoms with van der Waals surface area (Å²) >= 11 is 6.51. The molecule has 2 N–H and O–H groups in total. The van der Waals surface area contributed by atoms with Crippen LogP contribution in [0.15, 0.2) is 42.5 Å². The molecule has 0 aromatic heterocycles. The highest BCUT2D eigenvalue weighted by Crippen LogP contribution is 2.43. The van der Waals surface area contributed by atoms with E-state index in [1.165, 1.54) is 89.2 Å². The van der Waals surface area contributed by atoms with Crippen molar-refractivity contribution in [1.29, 1.82) is 0 Å². The smallest absolute Gasteiger partial charge is 0.125 e. The van der Waals surface area contributed by atoms with Gasteiger partial charge in [-0.3, -0.25) is 0 Å². The van der Waals surface area contributed by atoms with Crippen LogP contribution in [0, 0.1) is 17.7 Å². The number of nitrogens with zero attached hydrogens (tertiary/aromatic N) is 4. The summed E-state index contributed by atoms with van der Waals surface area (Å²) in [5, 5.41) is 25.1. The van der Waals surface area contributed by atoms with Crippen molar-refractivity contribution in [2.45, 2.75) is 146 Å². The number of ether oxygens (including phenoxy) is 1. The Hall–Kier alpha value is -1.78. The summed E-state index contributed by atoms with van der Waals surface area (Å²) in [5.41, 5.74) is 0.0251. The Morgan fingerprint density at radius 1 is 0.627 bits per heavy atom. The molecule has 2 aliphatic heterocycles. The number of rotatable bonds is 8. The van der Waals surface area contributed by atoms with Crippen molar-refractivity contribution >= 4 is 11.6 Å². The Kier molecular flexibility index (Phi) is 20.7. The summed E-state index contributed by atoms with van der Waals surface area (Å²) in [7, 11) is 5.99. The van der Waals surface area contributed by atoms with E-state index in [9.17, 15) is 14.6 Å². The van der Waals surface area contributed by atoms with Gasteiger partial charge in [0.15, 0.2) is 0 Å². The zero-order valence-electron chi connectivity index (χ0n) is 37.5. The zero-order chi connectivity index (χ0) is 41.9. The van der Waals surface area contributed by atoms with Gasteiger partial charge in [0.2, 0.25) is 0 Å². The molecule has 2 aromatic rings. The fraction of sp³-hybridized carbons (Fsp3) is 0.760. The van der Waals surface area contributed by atoms with Gasteiger partial charge in [-0.1, -0.05) is 133 Å². The third-order valence-electron chi connectivity index (χ3n) is 14.4. The van der Waals surface area contributed by atoms with Crippen LogP contribution in [0.3, 0.4) is 0 Å². The third-order valence-corrected chi connectivity index (χ3v) is 14.8. The van der Waals surface area contributed by atoms with E-state index in [0.717, 1.165) is 121 Å². The molecule has 59 heavy (non-hydrogen) atoms. The zero-order valence-corrected chi connectivity index (χ0v) is 38.2. The van der Waals surface area contributed by atoms with Crippen LogP contribution in [0.25, 0.3) is 0 Å². The normalized spacial score (nSPS) is 28.8. The van der Waals surface area contributed by atoms with Gasteiger partial charge in [-0.2, -0.15) is 0 Å². The Labute approximate surface area is 364 Å². The summed E-state index contributed by atoms with van der Waals surface area (Å²) in [4.78, 5) is 9.86. The van der Waals surface area contributed by atoms with Crippen molar-refractivity contribution in [2.75, 3.05) is 86.7 Å². The molecule has 7 nitrogen and oxygen atoms in total. The third kappa shape index (κ3) is 15.5. The summed E-state index contributed by atoms with van der Waals surface area (Å²) < 4.78 is 19.9. The van der Waals surface area contributed by atoms with E-state index in [1.807, 2.05) is 12.1 Å². The Bertz CT molecular complexity index is 1470. The molecule has 2 aliphatic carbocycles. The number of methoxy groups -OCH3 is 1. The summed E-state index contributed by atoms with van der Waals surface area (Å²) in [6.45, 7) is 10.6. The quantitative estimate of drug-likeness (QED) is 0.275. The van der Waals surface area contributed by atoms with Crippen molar-refractivity contribution in [3.05, 3.63) is 64.4 Å². The van der Waals surface area contributed by atoms with E-state index in [4.69, 9.17) is 16.3 Å². The van der Waals surface area contributed by atoms with Crippen molar-refractivity contribution in [2.24, 2.45) is 11.8 Å². The molecule has 4 atom stereocenters. The second-order valence-corrected chi connectivity index (χ2v) is 19.4. The Morgan fingerprint density at radius 2 is 1.10 bits per heavy atom. The lowest BCUT2D eigenvalue weighted by Gasteiger charge is -2.42. The first kappa shape index (κ1) is 48.3. The predicted molar refractivity (Wildman–Crippen MR) is 244 cm³/mol. The Morgan fingerprint density at radius 3 is 1.64 bits per heavy atom. The highest BCUT2D eigenvalue weighted by Gasteiger charge is 2.42. The Balaban J connectivity index is 0.000000224. The van der Waals surface area contributed by atoms with Crippen LogP contribution in [0.4, 0.5) is 4.39 Å². The van der Waals surface area contributed by atoms with Crippen molar-refractivity contribution in [1.82, 2.24) is 19.6 Å². The number of likely N-dealkylation sites (N-methyl/N-ethyl adjacent to an activating group) is 2. The molecule has 0 bridgehead atoms. The van der Waals surface area contributed by atoms with E-state index in [2.05, 4.69) is 45.8 Å². The average molecular weight is 842 g/mol. The van der Waals surface area contributed by atoms with Crippen molar-refractivity contribution < 1.29 is 19.3 Å². The number of piperazine rings is 2. The molecule has 0 spiro atoms. The maximum Gasteiger partial charge on any atom is 0.125 e. The SMILES string of the molecule is CN1CCN(CC2CCCCCCCCCCC2(O)Cc2ccccc2Cl)CC1.COc1ccc(F)cc1C1(O)CCCCCCCCCCC1CN1CCN(C)CC1. The molecule has 0 radical (unpaired) electrons. The molecule has 6 rings (SSSR count). The first-order valence-corrected chi connectivity index (χ1v) is 24.3. The maximum absolute atomic E-state index is 14.3. The molecule has 4 aliphatic rings. The maximum atomic E-state index is 14.3. The van der Waals surface area contributed by atoms with Gasteiger partial charge in [-0.25, -0.2) is 4.39 Å². The van der Waals surface area contributed by atoms with Gasteiger partial charge in [0.05, 0.1) is 18.3 Å². The summed E-state index contributed by atoms with van der Waals surface area (Å²) in [6.07, 6.45) is 24.2. The topological polar surface area (TPSA) is 62.7 Å². The number of hydrogen-bond acceptors (Lipinski definition) is 7. The number of hydrogen-bond donors (Lipinski definition) is 2. The first-order chi connectivity index (χ1) is 28.6.